The van der Waals surface area contributed by atoms with Crippen molar-refractivity contribution in [2.45, 2.75) is 39.2 Å². The summed E-state index contributed by atoms with van der Waals surface area (Å²) in [6.07, 6.45) is 4.11. The van der Waals surface area contributed by atoms with Crippen LogP contribution in [0.5, 0.6) is 0 Å². The number of rotatable bonds is 3. The van der Waals surface area contributed by atoms with Crippen LogP contribution in [0.1, 0.15) is 38.2 Å². The maximum atomic E-state index is 13.9. The molecule has 2 heterocycles. The van der Waals surface area contributed by atoms with Gasteiger partial charge in [-0.2, -0.15) is 0 Å². The van der Waals surface area contributed by atoms with E-state index >= 15 is 0 Å². The summed E-state index contributed by atoms with van der Waals surface area (Å²) in [6.45, 7) is 6.34. The third kappa shape index (κ3) is 4.28. The lowest BCUT2D eigenvalue weighted by Crippen LogP contribution is -2.45. The Bertz CT molecular complexity index is 587. The van der Waals surface area contributed by atoms with Gasteiger partial charge in [0.1, 0.15) is 5.82 Å². The van der Waals surface area contributed by atoms with Crippen LogP contribution in [0.2, 0.25) is 5.02 Å². The molecule has 0 spiro atoms. The maximum Gasteiger partial charge on any atom is 0.225 e. The fourth-order valence-corrected chi connectivity index (χ4v) is 4.04. The summed E-state index contributed by atoms with van der Waals surface area (Å²) in [6, 6.07) is 4.85. The quantitative estimate of drug-likeness (QED) is 0.822. The van der Waals surface area contributed by atoms with Gasteiger partial charge in [0, 0.05) is 36.1 Å². The van der Waals surface area contributed by atoms with Gasteiger partial charge in [0.2, 0.25) is 5.91 Å². The minimum atomic E-state index is -0.247. The summed E-state index contributed by atoms with van der Waals surface area (Å²) in [5.41, 5.74) is 0.675. The van der Waals surface area contributed by atoms with Crippen LogP contribution >= 0.6 is 11.6 Å². The molecule has 24 heavy (non-hydrogen) atoms. The van der Waals surface area contributed by atoms with Crippen molar-refractivity contribution in [1.29, 1.82) is 0 Å². The van der Waals surface area contributed by atoms with Gasteiger partial charge >= 0.3 is 0 Å². The van der Waals surface area contributed by atoms with Crippen LogP contribution in [-0.2, 0) is 11.3 Å². The molecule has 132 valence electrons. The highest BCUT2D eigenvalue weighted by Gasteiger charge is 2.30. The maximum absolute atomic E-state index is 13.9. The Hall–Kier alpha value is -1.13. The van der Waals surface area contributed by atoms with Gasteiger partial charge in [0.15, 0.2) is 0 Å². The van der Waals surface area contributed by atoms with Crippen molar-refractivity contribution in [1.82, 2.24) is 9.80 Å². The van der Waals surface area contributed by atoms with Crippen molar-refractivity contribution in [2.24, 2.45) is 11.8 Å². The van der Waals surface area contributed by atoms with Crippen molar-refractivity contribution < 1.29 is 9.18 Å². The molecule has 2 saturated heterocycles. The van der Waals surface area contributed by atoms with Crippen LogP contribution in [0.15, 0.2) is 18.2 Å². The summed E-state index contributed by atoms with van der Waals surface area (Å²) < 4.78 is 13.9. The van der Waals surface area contributed by atoms with E-state index in [4.69, 9.17) is 11.6 Å². The number of carbonyl (C=O) groups excluding carboxylic acids is 1. The Morgan fingerprint density at radius 3 is 2.67 bits per heavy atom. The molecule has 1 aromatic rings. The molecule has 3 nitrogen and oxygen atoms in total. The lowest BCUT2D eigenvalue weighted by molar-refractivity contribution is -0.138. The molecule has 3 rings (SSSR count). The molecular weight excluding hydrogens is 327 g/mol. The first kappa shape index (κ1) is 17.7. The highest BCUT2D eigenvalue weighted by molar-refractivity contribution is 6.30. The first-order valence-corrected chi connectivity index (χ1v) is 9.36. The van der Waals surface area contributed by atoms with Crippen molar-refractivity contribution >= 4 is 17.5 Å². The summed E-state index contributed by atoms with van der Waals surface area (Å²) in [5.74, 6) is 0.846. The van der Waals surface area contributed by atoms with Crippen LogP contribution in [0, 0.1) is 17.7 Å². The third-order valence-corrected chi connectivity index (χ3v) is 5.55. The molecule has 0 unspecified atom stereocenters. The fourth-order valence-electron chi connectivity index (χ4n) is 3.88. The molecule has 0 aliphatic carbocycles. The van der Waals surface area contributed by atoms with Gasteiger partial charge in [0.05, 0.1) is 0 Å². The summed E-state index contributed by atoms with van der Waals surface area (Å²) in [5, 5.41) is 0.427. The largest absolute Gasteiger partial charge is 0.342 e. The van der Waals surface area contributed by atoms with Gasteiger partial charge < -0.3 is 4.90 Å². The predicted molar refractivity (Wildman–Crippen MR) is 94.4 cm³/mol. The Balaban J connectivity index is 1.51. The van der Waals surface area contributed by atoms with Gasteiger partial charge in [-0.1, -0.05) is 24.6 Å². The molecule has 1 amide bonds. The SMILES string of the molecule is C[C@@H]1CCCN(C(=O)C2CCN(Cc3ccc(Cl)cc3F)CC2)C1. The Labute approximate surface area is 148 Å². The standard InChI is InChI=1S/C19H26ClFN2O/c1-14-3-2-8-23(12-14)19(24)15-6-9-22(10-7-15)13-16-4-5-17(20)11-18(16)21/h4-5,11,14-15H,2-3,6-10,12-13H2,1H3/t14-/m1/s1. The Morgan fingerprint density at radius 2 is 2.00 bits per heavy atom. The highest BCUT2D eigenvalue weighted by atomic mass is 35.5. The summed E-state index contributed by atoms with van der Waals surface area (Å²) in [4.78, 5) is 17.0. The third-order valence-electron chi connectivity index (χ3n) is 5.31. The number of benzene rings is 1. The fraction of sp³-hybridized carbons (Fsp3) is 0.632. The Kier molecular flexibility index (Phi) is 5.77. The molecule has 0 radical (unpaired) electrons. The highest BCUT2D eigenvalue weighted by Crippen LogP contribution is 2.25. The molecule has 2 aliphatic heterocycles. The first-order valence-electron chi connectivity index (χ1n) is 8.98. The van der Waals surface area contributed by atoms with Gasteiger partial charge in [-0.3, -0.25) is 9.69 Å². The van der Waals surface area contributed by atoms with Crippen molar-refractivity contribution in [3.8, 4) is 0 Å². The van der Waals surface area contributed by atoms with Crippen LogP contribution in [-0.4, -0.2) is 41.9 Å². The minimum absolute atomic E-state index is 0.140. The van der Waals surface area contributed by atoms with Crippen molar-refractivity contribution in [2.75, 3.05) is 26.2 Å². The molecule has 1 aromatic carbocycles. The lowest BCUT2D eigenvalue weighted by atomic mass is 9.92. The molecule has 1 atom stereocenters. The number of halogens is 2. The zero-order chi connectivity index (χ0) is 17.1. The summed E-state index contributed by atoms with van der Waals surface area (Å²) >= 11 is 5.80. The normalized spacial score (nSPS) is 23.5. The van der Waals surface area contributed by atoms with E-state index in [2.05, 4.69) is 16.7 Å². The van der Waals surface area contributed by atoms with E-state index in [0.717, 1.165) is 45.4 Å². The van der Waals surface area contributed by atoms with E-state index in [0.29, 0.717) is 29.0 Å². The molecule has 2 aliphatic rings. The molecule has 0 saturated carbocycles. The van der Waals surface area contributed by atoms with Crippen LogP contribution < -0.4 is 0 Å². The molecule has 2 fully saturated rings. The molecular formula is C19H26ClFN2O. The lowest BCUT2D eigenvalue weighted by Gasteiger charge is -2.37. The van der Waals surface area contributed by atoms with E-state index in [1.54, 1.807) is 12.1 Å². The van der Waals surface area contributed by atoms with Crippen LogP contribution in [0.25, 0.3) is 0 Å². The zero-order valence-corrected chi connectivity index (χ0v) is 15.1. The first-order chi connectivity index (χ1) is 11.5. The second-order valence-electron chi connectivity index (χ2n) is 7.32. The smallest absolute Gasteiger partial charge is 0.225 e. The number of likely N-dealkylation sites (tertiary alicyclic amines) is 2. The van der Waals surface area contributed by atoms with Crippen LogP contribution in [0.3, 0.4) is 0 Å². The number of hydrogen-bond acceptors (Lipinski definition) is 2. The average Bonchev–Trinajstić information content (AvgIpc) is 2.57. The number of hydrogen-bond donors (Lipinski definition) is 0. The molecule has 0 aromatic heterocycles. The number of amides is 1. The molecule has 0 N–H and O–H groups in total. The molecule has 0 bridgehead atoms. The second-order valence-corrected chi connectivity index (χ2v) is 7.75. The van der Waals surface area contributed by atoms with Gasteiger partial charge in [-0.15, -0.1) is 0 Å². The van der Waals surface area contributed by atoms with E-state index in [-0.39, 0.29) is 11.7 Å². The monoisotopic (exact) mass is 352 g/mol. The second kappa shape index (κ2) is 7.83. The molecule has 5 heteroatoms. The number of piperidine rings is 2. The topological polar surface area (TPSA) is 23.6 Å². The summed E-state index contributed by atoms with van der Waals surface area (Å²) in [7, 11) is 0. The van der Waals surface area contributed by atoms with Gasteiger partial charge in [0.25, 0.3) is 0 Å². The number of carbonyl (C=O) groups is 1. The van der Waals surface area contributed by atoms with Crippen LogP contribution in [0.4, 0.5) is 4.39 Å². The van der Waals surface area contributed by atoms with Gasteiger partial charge in [-0.25, -0.2) is 4.39 Å². The van der Waals surface area contributed by atoms with Crippen molar-refractivity contribution in [3.63, 3.8) is 0 Å². The van der Waals surface area contributed by atoms with E-state index in [1.165, 1.54) is 12.5 Å². The zero-order valence-electron chi connectivity index (χ0n) is 14.3. The van der Waals surface area contributed by atoms with E-state index in [1.807, 2.05) is 0 Å². The predicted octanol–water partition coefficient (Wildman–Crippen LogP) is 3.95. The van der Waals surface area contributed by atoms with Gasteiger partial charge in [-0.05, 0) is 56.8 Å². The van der Waals surface area contributed by atoms with E-state index in [9.17, 15) is 9.18 Å². The average molecular weight is 353 g/mol. The van der Waals surface area contributed by atoms with Crippen molar-refractivity contribution in [3.05, 3.63) is 34.6 Å². The Morgan fingerprint density at radius 1 is 1.25 bits per heavy atom. The van der Waals surface area contributed by atoms with E-state index < -0.39 is 0 Å². The minimum Gasteiger partial charge on any atom is -0.342 e. The number of nitrogens with zero attached hydrogens (tertiary/aromatic N) is 2.